The zero-order valence-electron chi connectivity index (χ0n) is 12.7. The van der Waals surface area contributed by atoms with Crippen molar-refractivity contribution in [1.29, 1.82) is 0 Å². The molecule has 1 fully saturated rings. The topological polar surface area (TPSA) is 36.4 Å². The molecule has 0 saturated carbocycles. The summed E-state index contributed by atoms with van der Waals surface area (Å²) in [7, 11) is 0. The highest BCUT2D eigenvalue weighted by atomic mass is 16.1. The van der Waals surface area contributed by atoms with E-state index in [1.54, 1.807) is 0 Å². The molecular weight excluding hydrogens is 274 g/mol. The Morgan fingerprint density at radius 1 is 0.955 bits per heavy atom. The first-order valence-corrected chi connectivity index (χ1v) is 7.75. The van der Waals surface area contributed by atoms with Gasteiger partial charge in [0.1, 0.15) is 5.82 Å². The third kappa shape index (κ3) is 3.92. The van der Waals surface area contributed by atoms with Gasteiger partial charge in [0.2, 0.25) is 0 Å². The van der Waals surface area contributed by atoms with Gasteiger partial charge in [0, 0.05) is 38.8 Å². The molecule has 0 radical (unpaired) electrons. The van der Waals surface area contributed by atoms with Crippen LogP contribution in [0.25, 0.3) is 0 Å². The Morgan fingerprint density at radius 3 is 2.36 bits per heavy atom. The van der Waals surface area contributed by atoms with Crippen molar-refractivity contribution in [3.05, 3.63) is 60.3 Å². The third-order valence-corrected chi connectivity index (χ3v) is 3.99. The molecule has 0 N–H and O–H groups in total. The molecule has 22 heavy (non-hydrogen) atoms. The quantitative estimate of drug-likeness (QED) is 0.845. The molecule has 4 nitrogen and oxygen atoms in total. The maximum absolute atomic E-state index is 12.2. The molecule has 3 rings (SSSR count). The summed E-state index contributed by atoms with van der Waals surface area (Å²) in [5, 5.41) is 0. The van der Waals surface area contributed by atoms with E-state index in [-0.39, 0.29) is 5.78 Å². The van der Waals surface area contributed by atoms with E-state index in [2.05, 4.69) is 14.8 Å². The van der Waals surface area contributed by atoms with Crippen LogP contribution in [0.5, 0.6) is 0 Å². The highest BCUT2D eigenvalue weighted by molar-refractivity contribution is 5.82. The predicted octanol–water partition coefficient (Wildman–Crippen LogP) is 2.02. The number of piperazine rings is 1. The lowest BCUT2D eigenvalue weighted by Gasteiger charge is -2.35. The van der Waals surface area contributed by atoms with Crippen molar-refractivity contribution in [2.75, 3.05) is 37.6 Å². The average molecular weight is 295 g/mol. The number of anilines is 1. The van der Waals surface area contributed by atoms with Gasteiger partial charge < -0.3 is 4.90 Å². The second-order valence-electron chi connectivity index (χ2n) is 5.65. The second kappa shape index (κ2) is 7.18. The monoisotopic (exact) mass is 295 g/mol. The molecule has 0 aliphatic carbocycles. The summed E-state index contributed by atoms with van der Waals surface area (Å²) in [6.07, 6.45) is 2.35. The molecule has 1 aromatic heterocycles. The van der Waals surface area contributed by atoms with Crippen molar-refractivity contribution in [2.24, 2.45) is 0 Å². The molecule has 2 aromatic rings. The summed E-state index contributed by atoms with van der Waals surface area (Å²) in [5.74, 6) is 1.32. The van der Waals surface area contributed by atoms with Crippen molar-refractivity contribution in [3.63, 3.8) is 0 Å². The maximum atomic E-state index is 12.2. The highest BCUT2D eigenvalue weighted by Gasteiger charge is 2.19. The van der Waals surface area contributed by atoms with Gasteiger partial charge in [0.15, 0.2) is 5.78 Å². The zero-order chi connectivity index (χ0) is 15.2. The van der Waals surface area contributed by atoms with Gasteiger partial charge in [0.05, 0.1) is 6.54 Å². The van der Waals surface area contributed by atoms with Gasteiger partial charge in [-0.25, -0.2) is 4.98 Å². The van der Waals surface area contributed by atoms with Crippen LogP contribution in [0.2, 0.25) is 0 Å². The SMILES string of the molecule is O=C(Cc1ccccc1)CN1CCN(c2ccccn2)CC1. The van der Waals surface area contributed by atoms with E-state index < -0.39 is 0 Å². The minimum Gasteiger partial charge on any atom is -0.354 e. The van der Waals surface area contributed by atoms with Crippen LogP contribution < -0.4 is 4.90 Å². The minimum atomic E-state index is 0.289. The molecule has 1 aliphatic rings. The first kappa shape index (κ1) is 14.7. The molecule has 0 atom stereocenters. The second-order valence-corrected chi connectivity index (χ2v) is 5.65. The van der Waals surface area contributed by atoms with Crippen LogP contribution in [0.4, 0.5) is 5.82 Å². The number of ketones is 1. The molecule has 0 bridgehead atoms. The van der Waals surface area contributed by atoms with Crippen LogP contribution in [-0.2, 0) is 11.2 Å². The number of hydrogen-bond acceptors (Lipinski definition) is 4. The molecule has 2 heterocycles. The third-order valence-electron chi connectivity index (χ3n) is 3.99. The minimum absolute atomic E-state index is 0.289. The summed E-state index contributed by atoms with van der Waals surface area (Å²) < 4.78 is 0. The summed E-state index contributed by atoms with van der Waals surface area (Å²) >= 11 is 0. The zero-order valence-corrected chi connectivity index (χ0v) is 12.7. The predicted molar refractivity (Wildman–Crippen MR) is 88.0 cm³/mol. The Morgan fingerprint density at radius 2 is 1.68 bits per heavy atom. The van der Waals surface area contributed by atoms with Gasteiger partial charge in [0.25, 0.3) is 0 Å². The van der Waals surface area contributed by atoms with E-state index in [0.717, 1.165) is 37.6 Å². The fourth-order valence-electron chi connectivity index (χ4n) is 2.80. The number of hydrogen-bond donors (Lipinski definition) is 0. The molecule has 0 amide bonds. The molecule has 1 aliphatic heterocycles. The van der Waals surface area contributed by atoms with E-state index in [1.807, 2.05) is 54.7 Å². The molecular formula is C18H21N3O. The van der Waals surface area contributed by atoms with Crippen LogP contribution in [0.3, 0.4) is 0 Å². The highest BCUT2D eigenvalue weighted by Crippen LogP contribution is 2.12. The maximum Gasteiger partial charge on any atom is 0.151 e. The van der Waals surface area contributed by atoms with Crippen LogP contribution in [0, 0.1) is 0 Å². The summed E-state index contributed by atoms with van der Waals surface area (Å²) in [5.41, 5.74) is 1.10. The summed E-state index contributed by atoms with van der Waals surface area (Å²) in [4.78, 5) is 21.1. The number of Topliss-reactive ketones (excluding diaryl/α,β-unsaturated/α-hetero) is 1. The van der Waals surface area contributed by atoms with Crippen LogP contribution >= 0.6 is 0 Å². The fraction of sp³-hybridized carbons (Fsp3) is 0.333. The normalized spacial score (nSPS) is 15.7. The summed E-state index contributed by atoms with van der Waals surface area (Å²) in [6, 6.07) is 15.9. The van der Waals surface area contributed by atoms with E-state index in [0.29, 0.717) is 13.0 Å². The average Bonchev–Trinajstić information content (AvgIpc) is 2.57. The van der Waals surface area contributed by atoms with E-state index >= 15 is 0 Å². The van der Waals surface area contributed by atoms with Crippen LogP contribution in [0.1, 0.15) is 5.56 Å². The Bertz CT molecular complexity index is 592. The lowest BCUT2D eigenvalue weighted by molar-refractivity contribution is -0.119. The van der Waals surface area contributed by atoms with Crippen LogP contribution in [-0.4, -0.2) is 48.4 Å². The number of aromatic nitrogens is 1. The van der Waals surface area contributed by atoms with Gasteiger partial charge in [-0.15, -0.1) is 0 Å². The van der Waals surface area contributed by atoms with Gasteiger partial charge >= 0.3 is 0 Å². The molecule has 1 saturated heterocycles. The van der Waals surface area contributed by atoms with Crippen LogP contribution in [0.15, 0.2) is 54.7 Å². The van der Waals surface area contributed by atoms with Gasteiger partial charge in [-0.3, -0.25) is 9.69 Å². The smallest absolute Gasteiger partial charge is 0.151 e. The van der Waals surface area contributed by atoms with Crippen molar-refractivity contribution >= 4 is 11.6 Å². The molecule has 1 aromatic carbocycles. The fourth-order valence-corrected chi connectivity index (χ4v) is 2.80. The Labute approximate surface area is 131 Å². The Kier molecular flexibility index (Phi) is 4.81. The van der Waals surface area contributed by atoms with Crippen molar-refractivity contribution in [1.82, 2.24) is 9.88 Å². The summed E-state index contributed by atoms with van der Waals surface area (Å²) in [6.45, 7) is 4.23. The van der Waals surface area contributed by atoms with E-state index in [1.165, 1.54) is 0 Å². The lowest BCUT2D eigenvalue weighted by Crippen LogP contribution is -2.48. The van der Waals surface area contributed by atoms with E-state index in [9.17, 15) is 4.79 Å². The van der Waals surface area contributed by atoms with Gasteiger partial charge in [-0.05, 0) is 17.7 Å². The number of pyridine rings is 1. The first-order valence-electron chi connectivity index (χ1n) is 7.75. The molecule has 114 valence electrons. The molecule has 0 spiro atoms. The first-order chi connectivity index (χ1) is 10.8. The van der Waals surface area contributed by atoms with Gasteiger partial charge in [-0.2, -0.15) is 0 Å². The molecule has 0 unspecified atom stereocenters. The van der Waals surface area contributed by atoms with Crippen molar-refractivity contribution in [3.8, 4) is 0 Å². The van der Waals surface area contributed by atoms with Crippen molar-refractivity contribution in [2.45, 2.75) is 6.42 Å². The van der Waals surface area contributed by atoms with E-state index in [4.69, 9.17) is 0 Å². The standard InChI is InChI=1S/C18H21N3O/c22-17(14-16-6-2-1-3-7-16)15-20-10-12-21(13-11-20)18-8-4-5-9-19-18/h1-9H,10-15H2. The largest absolute Gasteiger partial charge is 0.354 e. The number of carbonyl (C=O) groups is 1. The number of nitrogens with zero attached hydrogens (tertiary/aromatic N) is 3. The number of benzene rings is 1. The number of carbonyl (C=O) groups excluding carboxylic acids is 1. The number of rotatable bonds is 5. The van der Waals surface area contributed by atoms with Gasteiger partial charge in [-0.1, -0.05) is 36.4 Å². The lowest BCUT2D eigenvalue weighted by atomic mass is 10.1. The van der Waals surface area contributed by atoms with Crippen molar-refractivity contribution < 1.29 is 4.79 Å². The Hall–Kier alpha value is -2.20. The Balaban J connectivity index is 1.47. The molecule has 4 heteroatoms.